The van der Waals surface area contributed by atoms with Crippen LogP contribution in [0.15, 0.2) is 22.9 Å². The van der Waals surface area contributed by atoms with Crippen molar-refractivity contribution in [2.24, 2.45) is 7.05 Å². The molecule has 2 aromatic heterocycles. The molecule has 2 N–H and O–H groups in total. The second-order valence-corrected chi connectivity index (χ2v) is 3.49. The summed E-state index contributed by atoms with van der Waals surface area (Å²) in [5.41, 5.74) is 0. The third kappa shape index (κ3) is 2.54. The smallest absolute Gasteiger partial charge is 0.371 e. The number of carbonyl (C=O) groups excluding carboxylic acids is 1. The van der Waals surface area contributed by atoms with Crippen LogP contribution in [0.2, 0.25) is 0 Å². The quantitative estimate of drug-likeness (QED) is 0.792. The number of aromatic carboxylic acids is 1. The van der Waals surface area contributed by atoms with Gasteiger partial charge in [0.1, 0.15) is 6.33 Å². The number of carbonyl (C=O) groups is 2. The number of aryl methyl sites for hydroxylation is 1. The number of amides is 1. The lowest BCUT2D eigenvalue weighted by atomic mass is 10.4. The van der Waals surface area contributed by atoms with Gasteiger partial charge in [0.15, 0.2) is 11.6 Å². The first-order valence-electron chi connectivity index (χ1n) is 5.02. The first-order chi connectivity index (χ1) is 8.56. The van der Waals surface area contributed by atoms with Crippen molar-refractivity contribution >= 4 is 11.9 Å². The van der Waals surface area contributed by atoms with Crippen molar-refractivity contribution in [1.29, 1.82) is 0 Å². The summed E-state index contributed by atoms with van der Waals surface area (Å²) in [6, 6.07) is 2.51. The second-order valence-electron chi connectivity index (χ2n) is 3.49. The fraction of sp³-hybridized carbons (Fsp3) is 0.200. The molecule has 8 heteroatoms. The summed E-state index contributed by atoms with van der Waals surface area (Å²) in [6.07, 6.45) is 1.51. The van der Waals surface area contributed by atoms with E-state index in [1.54, 1.807) is 7.05 Å². The predicted molar refractivity (Wildman–Crippen MR) is 57.8 cm³/mol. The van der Waals surface area contributed by atoms with Gasteiger partial charge in [-0.15, -0.1) is 0 Å². The van der Waals surface area contributed by atoms with Gasteiger partial charge in [0, 0.05) is 7.05 Å². The number of carboxylic acid groups (broad SMARTS) is 1. The average molecular weight is 250 g/mol. The van der Waals surface area contributed by atoms with Gasteiger partial charge in [-0.2, -0.15) is 5.10 Å². The van der Waals surface area contributed by atoms with E-state index in [1.807, 2.05) is 0 Å². The van der Waals surface area contributed by atoms with Crippen LogP contribution in [-0.4, -0.2) is 31.7 Å². The predicted octanol–water partition coefficient (Wildman–Crippen LogP) is 0.0363. The molecule has 0 aliphatic carbocycles. The number of nitrogens with zero attached hydrogens (tertiary/aromatic N) is 3. The SMILES string of the molecule is Cn1cnc(CNC(=O)c2ccc(C(=O)O)o2)n1. The molecule has 0 aromatic carbocycles. The summed E-state index contributed by atoms with van der Waals surface area (Å²) in [7, 11) is 1.71. The molecular formula is C10H10N4O4. The Labute approximate surface area is 101 Å². The van der Waals surface area contributed by atoms with Crippen molar-refractivity contribution in [2.45, 2.75) is 6.54 Å². The number of carboxylic acids is 1. The van der Waals surface area contributed by atoms with Crippen LogP contribution in [0.4, 0.5) is 0 Å². The summed E-state index contributed by atoms with van der Waals surface area (Å²) >= 11 is 0. The first-order valence-corrected chi connectivity index (χ1v) is 5.02. The first kappa shape index (κ1) is 11.8. The third-order valence-corrected chi connectivity index (χ3v) is 2.09. The van der Waals surface area contributed by atoms with E-state index in [-0.39, 0.29) is 18.1 Å². The molecule has 2 rings (SSSR count). The largest absolute Gasteiger partial charge is 0.475 e. The lowest BCUT2D eigenvalue weighted by Gasteiger charge is -1.98. The zero-order valence-corrected chi connectivity index (χ0v) is 9.45. The molecule has 2 heterocycles. The van der Waals surface area contributed by atoms with Crippen molar-refractivity contribution in [2.75, 3.05) is 0 Å². The van der Waals surface area contributed by atoms with Crippen LogP contribution in [0.3, 0.4) is 0 Å². The topological polar surface area (TPSA) is 110 Å². The second kappa shape index (κ2) is 4.70. The van der Waals surface area contributed by atoms with Crippen LogP contribution in [-0.2, 0) is 13.6 Å². The van der Waals surface area contributed by atoms with E-state index in [2.05, 4.69) is 15.4 Å². The lowest BCUT2D eigenvalue weighted by molar-refractivity contribution is 0.0659. The molecule has 0 radical (unpaired) electrons. The Morgan fingerprint density at radius 2 is 2.17 bits per heavy atom. The van der Waals surface area contributed by atoms with Crippen LogP contribution >= 0.6 is 0 Å². The molecule has 18 heavy (non-hydrogen) atoms. The van der Waals surface area contributed by atoms with Crippen LogP contribution in [0.25, 0.3) is 0 Å². The monoisotopic (exact) mass is 250 g/mol. The molecule has 0 saturated heterocycles. The van der Waals surface area contributed by atoms with Crippen LogP contribution in [0.5, 0.6) is 0 Å². The van der Waals surface area contributed by atoms with Gasteiger partial charge in [0.2, 0.25) is 5.76 Å². The number of nitrogens with one attached hydrogen (secondary N) is 1. The van der Waals surface area contributed by atoms with Crippen LogP contribution in [0, 0.1) is 0 Å². The molecular weight excluding hydrogens is 240 g/mol. The van der Waals surface area contributed by atoms with E-state index in [1.165, 1.54) is 23.1 Å². The van der Waals surface area contributed by atoms with Crippen molar-refractivity contribution in [3.8, 4) is 0 Å². The molecule has 0 atom stereocenters. The molecule has 0 spiro atoms. The maximum Gasteiger partial charge on any atom is 0.371 e. The van der Waals surface area contributed by atoms with Gasteiger partial charge in [0.05, 0.1) is 6.54 Å². The molecule has 0 fully saturated rings. The number of rotatable bonds is 4. The van der Waals surface area contributed by atoms with Gasteiger partial charge < -0.3 is 14.8 Å². The van der Waals surface area contributed by atoms with Crippen molar-refractivity contribution < 1.29 is 19.1 Å². The molecule has 1 amide bonds. The minimum Gasteiger partial charge on any atom is -0.475 e. The van der Waals surface area contributed by atoms with Crippen LogP contribution < -0.4 is 5.32 Å². The normalized spacial score (nSPS) is 10.3. The Balaban J connectivity index is 1.97. The zero-order valence-electron chi connectivity index (χ0n) is 9.45. The summed E-state index contributed by atoms with van der Waals surface area (Å²) in [4.78, 5) is 26.1. The van der Waals surface area contributed by atoms with Crippen molar-refractivity contribution in [3.63, 3.8) is 0 Å². The van der Waals surface area contributed by atoms with E-state index in [0.29, 0.717) is 5.82 Å². The minimum absolute atomic E-state index is 0.0664. The number of aromatic nitrogens is 3. The van der Waals surface area contributed by atoms with Gasteiger partial charge in [0.25, 0.3) is 5.91 Å². The van der Waals surface area contributed by atoms with Gasteiger partial charge in [-0.3, -0.25) is 9.48 Å². The van der Waals surface area contributed by atoms with Crippen molar-refractivity contribution in [1.82, 2.24) is 20.1 Å². The molecule has 0 saturated carbocycles. The minimum atomic E-state index is -1.22. The lowest BCUT2D eigenvalue weighted by Crippen LogP contribution is -2.23. The molecule has 94 valence electrons. The fourth-order valence-electron chi connectivity index (χ4n) is 1.29. The maximum absolute atomic E-state index is 11.6. The Bertz CT molecular complexity index is 586. The molecule has 0 aliphatic rings. The Morgan fingerprint density at radius 3 is 2.72 bits per heavy atom. The number of furan rings is 1. The number of hydrogen-bond acceptors (Lipinski definition) is 5. The molecule has 0 unspecified atom stereocenters. The van der Waals surface area contributed by atoms with E-state index < -0.39 is 11.9 Å². The highest BCUT2D eigenvalue weighted by Gasteiger charge is 2.14. The number of hydrogen-bond donors (Lipinski definition) is 2. The zero-order chi connectivity index (χ0) is 13.1. The maximum atomic E-state index is 11.6. The highest BCUT2D eigenvalue weighted by Crippen LogP contribution is 2.07. The highest BCUT2D eigenvalue weighted by molar-refractivity contribution is 5.93. The van der Waals surface area contributed by atoms with E-state index in [9.17, 15) is 9.59 Å². The van der Waals surface area contributed by atoms with Gasteiger partial charge >= 0.3 is 5.97 Å². The summed E-state index contributed by atoms with van der Waals surface area (Å²) in [5, 5.41) is 15.1. The third-order valence-electron chi connectivity index (χ3n) is 2.09. The summed E-state index contributed by atoms with van der Waals surface area (Å²) < 4.78 is 6.35. The van der Waals surface area contributed by atoms with Gasteiger partial charge in [-0.1, -0.05) is 0 Å². The summed E-state index contributed by atoms with van der Waals surface area (Å²) in [6.45, 7) is 0.142. The fourth-order valence-corrected chi connectivity index (χ4v) is 1.29. The van der Waals surface area contributed by atoms with Gasteiger partial charge in [-0.05, 0) is 12.1 Å². The van der Waals surface area contributed by atoms with Crippen LogP contribution in [0.1, 0.15) is 26.9 Å². The standard InChI is InChI=1S/C10H10N4O4/c1-14-5-12-8(13-14)4-11-9(15)6-2-3-7(18-6)10(16)17/h2-3,5H,4H2,1H3,(H,11,15)(H,16,17). The molecule has 0 bridgehead atoms. The van der Waals surface area contributed by atoms with E-state index >= 15 is 0 Å². The molecule has 2 aromatic rings. The Kier molecular flexibility index (Phi) is 3.09. The highest BCUT2D eigenvalue weighted by atomic mass is 16.4. The Morgan fingerprint density at radius 1 is 1.44 bits per heavy atom. The summed E-state index contributed by atoms with van der Waals surface area (Å²) in [5.74, 6) is -1.63. The Hall–Kier alpha value is -2.64. The van der Waals surface area contributed by atoms with Gasteiger partial charge in [-0.25, -0.2) is 9.78 Å². The van der Waals surface area contributed by atoms with E-state index in [4.69, 9.17) is 9.52 Å². The average Bonchev–Trinajstić information content (AvgIpc) is 2.94. The van der Waals surface area contributed by atoms with E-state index in [0.717, 1.165) is 0 Å². The molecule has 8 nitrogen and oxygen atoms in total. The van der Waals surface area contributed by atoms with Crippen molar-refractivity contribution in [3.05, 3.63) is 35.8 Å². The molecule has 0 aliphatic heterocycles.